The van der Waals surface area contributed by atoms with Crippen molar-refractivity contribution in [2.75, 3.05) is 0 Å². The Morgan fingerprint density at radius 2 is 0.442 bits per heavy atom. The molecule has 0 fully saturated rings. The monoisotopic (exact) mass is 950 g/mol. The first kappa shape index (κ1) is 45.8. The molecule has 0 atom stereocenters. The van der Waals surface area contributed by atoms with Gasteiger partial charge in [0.25, 0.3) is 0 Å². The summed E-state index contributed by atoms with van der Waals surface area (Å²) < 4.78 is 347. The van der Waals surface area contributed by atoms with Crippen molar-refractivity contribution in [1.82, 2.24) is 0 Å². The molecule has 298 valence electrons. The van der Waals surface area contributed by atoms with Crippen LogP contribution in [0.25, 0.3) is 0 Å². The summed E-state index contributed by atoms with van der Waals surface area (Å²) in [4.78, 5) is 0. The topological polar surface area (TPSA) is 0 Å². The third-order valence-electron chi connectivity index (χ3n) is 6.53. The van der Waals surface area contributed by atoms with Crippen LogP contribution in [0.1, 0.15) is 11.1 Å². The Morgan fingerprint density at radius 1 is 0.250 bits per heavy atom. The number of hydrogen-bond acceptors (Lipinski definition) is 0. The summed E-state index contributed by atoms with van der Waals surface area (Å²) in [6.45, 7) is 0. The fourth-order valence-corrected chi connectivity index (χ4v) is 9.40. The molecule has 0 aliphatic heterocycles. The van der Waals surface area contributed by atoms with Crippen LogP contribution in [0.4, 0.5) is 114 Å². The van der Waals surface area contributed by atoms with E-state index in [0.717, 1.165) is 0 Å². The van der Waals surface area contributed by atoms with Gasteiger partial charge in [-0.1, -0.05) is 0 Å². The van der Waals surface area contributed by atoms with Crippen LogP contribution in [0.3, 0.4) is 0 Å². The molecule has 2 aromatic carbocycles. The van der Waals surface area contributed by atoms with Gasteiger partial charge in [0.05, 0.1) is 0 Å². The van der Waals surface area contributed by atoms with Gasteiger partial charge >= 0.3 is 281 Å². The van der Waals surface area contributed by atoms with E-state index < -0.39 is 109 Å². The van der Waals surface area contributed by atoms with Crippen molar-refractivity contribution in [2.45, 2.75) is 71.6 Å². The van der Waals surface area contributed by atoms with Crippen molar-refractivity contribution >= 4 is 35.2 Å². The van der Waals surface area contributed by atoms with Gasteiger partial charge in [0, 0.05) is 0 Å². The summed E-state index contributed by atoms with van der Waals surface area (Å²) in [6.07, 6.45) is -15.3. The summed E-state index contributed by atoms with van der Waals surface area (Å²) in [5.41, 5.74) is -4.70. The maximum atomic E-state index is 14.3. The molecule has 0 nitrogen and oxygen atoms in total. The van der Waals surface area contributed by atoms with Crippen LogP contribution in [-0.4, -0.2) is 86.0 Å². The van der Waals surface area contributed by atoms with E-state index in [1.54, 1.807) is 0 Å². The van der Waals surface area contributed by atoms with Crippen molar-refractivity contribution in [3.8, 4) is 0 Å². The fraction of sp³-hybridized carbons (Fsp3) is 0.500. The number of rotatable bonds is 13. The van der Waals surface area contributed by atoms with Gasteiger partial charge in [0.1, 0.15) is 0 Å². The molecule has 0 amide bonds. The predicted octanol–water partition coefficient (Wildman–Crippen LogP) is 9.35. The minimum atomic E-state index is -8.15. The van der Waals surface area contributed by atoms with Crippen LogP contribution in [0.2, 0.25) is 0 Å². The van der Waals surface area contributed by atoms with Crippen LogP contribution >= 0.6 is 0 Å². The van der Waals surface area contributed by atoms with E-state index in [1.807, 2.05) is 0 Å². The molecule has 2 aromatic rings. The molecule has 0 aromatic heterocycles. The van der Waals surface area contributed by atoms with Gasteiger partial charge in [-0.2, -0.15) is 0 Å². The van der Waals surface area contributed by atoms with Crippen molar-refractivity contribution < 1.29 is 114 Å². The van der Waals surface area contributed by atoms with E-state index in [2.05, 4.69) is 0 Å². The zero-order valence-corrected chi connectivity index (χ0v) is 26.7. The molecule has 0 bridgehead atoms. The number of halogens is 26. The Bertz CT molecular complexity index is 1430. The van der Waals surface area contributed by atoms with E-state index in [0.29, 0.717) is 24.3 Å². The van der Waals surface area contributed by atoms with Gasteiger partial charge in [-0.3, -0.25) is 0 Å². The van der Waals surface area contributed by atoms with E-state index >= 15 is 0 Å². The molecule has 52 heavy (non-hydrogen) atoms. The molecule has 0 spiro atoms. The standard InChI is InChI=1S/C24H8F26Se2/c25-13(26,15(29,30)17(33,34)19(37,38)21(41,42)23(45,46)47)9-1-5-11(6-2-9)51-52-12-7-3-10(4-8-12)14(27,28)16(31,32)18(35,36)20(39,40)22(43,44)24(48,49)50/h1-8H. The van der Waals surface area contributed by atoms with Crippen LogP contribution < -0.4 is 8.92 Å². The van der Waals surface area contributed by atoms with Crippen molar-refractivity contribution in [1.29, 1.82) is 0 Å². The SMILES string of the molecule is FC(F)(F)C(F)(F)C(F)(F)C(F)(F)C(F)(F)C(F)(F)c1ccc([Se][Se]c2ccc(C(F)(F)C(F)(F)C(F)(F)C(F)(F)C(F)(F)C(F)(F)F)cc2)cc1. The zero-order valence-electron chi connectivity index (χ0n) is 23.3. The summed E-state index contributed by atoms with van der Waals surface area (Å²) in [7, 11) is 0. The van der Waals surface area contributed by atoms with Gasteiger partial charge in [-0.05, 0) is 0 Å². The third kappa shape index (κ3) is 6.68. The minimum absolute atomic E-state index is 0.207. The van der Waals surface area contributed by atoms with Gasteiger partial charge in [0.2, 0.25) is 0 Å². The zero-order chi connectivity index (χ0) is 41.4. The van der Waals surface area contributed by atoms with Gasteiger partial charge in [0.15, 0.2) is 0 Å². The van der Waals surface area contributed by atoms with Crippen LogP contribution in [0, 0.1) is 0 Å². The van der Waals surface area contributed by atoms with E-state index in [9.17, 15) is 114 Å². The summed E-state index contributed by atoms with van der Waals surface area (Å²) in [5.74, 6) is -76.8. The number of alkyl halides is 26. The molecule has 2 rings (SSSR count). The molecule has 28 heteroatoms. The molecule has 0 aliphatic rings. The molecular formula is C24H8F26Se2. The van der Waals surface area contributed by atoms with Crippen molar-refractivity contribution in [3.63, 3.8) is 0 Å². The molecular weight excluding hydrogens is 940 g/mol. The van der Waals surface area contributed by atoms with Crippen LogP contribution in [0.5, 0.6) is 0 Å². The van der Waals surface area contributed by atoms with Crippen LogP contribution in [-0.2, 0) is 11.8 Å². The molecule has 0 heterocycles. The quantitative estimate of drug-likeness (QED) is 0.139. The number of benzene rings is 2. The Hall–Kier alpha value is -2.34. The summed E-state index contributed by atoms with van der Waals surface area (Å²) in [5, 5.41) is 0. The average molecular weight is 948 g/mol. The summed E-state index contributed by atoms with van der Waals surface area (Å²) >= 11 is -2.44. The van der Waals surface area contributed by atoms with Gasteiger partial charge < -0.3 is 0 Å². The van der Waals surface area contributed by atoms with E-state index in [-0.39, 0.29) is 33.2 Å². The average Bonchev–Trinajstić information content (AvgIpc) is 2.98. The van der Waals surface area contributed by atoms with Crippen LogP contribution in [0.15, 0.2) is 48.5 Å². The molecule has 0 radical (unpaired) electrons. The van der Waals surface area contributed by atoms with Gasteiger partial charge in [-0.15, -0.1) is 0 Å². The second-order valence-corrected chi connectivity index (χ2v) is 16.3. The molecule has 0 aliphatic carbocycles. The number of hydrogen-bond donors (Lipinski definition) is 0. The van der Waals surface area contributed by atoms with Crippen molar-refractivity contribution in [2.24, 2.45) is 0 Å². The summed E-state index contributed by atoms with van der Waals surface area (Å²) in [6, 6.07) is 0.575. The normalized spacial score (nSPS) is 15.7. The Kier molecular flexibility index (Phi) is 11.6. The fourth-order valence-electron chi connectivity index (χ4n) is 3.44. The van der Waals surface area contributed by atoms with E-state index in [1.165, 1.54) is 0 Å². The Labute approximate surface area is 280 Å². The Balaban J connectivity index is 2.32. The second kappa shape index (κ2) is 13.2. The first-order valence-corrected chi connectivity index (χ1v) is 18.2. The molecule has 0 N–H and O–H groups in total. The molecule has 0 saturated carbocycles. The predicted molar refractivity (Wildman–Crippen MR) is 123 cm³/mol. The van der Waals surface area contributed by atoms with Crippen molar-refractivity contribution in [3.05, 3.63) is 59.7 Å². The Morgan fingerprint density at radius 3 is 0.635 bits per heavy atom. The second-order valence-electron chi connectivity index (χ2n) is 9.95. The van der Waals surface area contributed by atoms with Gasteiger partial charge in [-0.25, -0.2) is 0 Å². The molecule has 0 saturated heterocycles. The maximum absolute atomic E-state index is 14.3. The van der Waals surface area contributed by atoms with E-state index in [4.69, 9.17) is 0 Å². The first-order valence-electron chi connectivity index (χ1n) is 12.1. The first-order chi connectivity index (χ1) is 22.7. The molecule has 0 unspecified atom stereocenters. The third-order valence-corrected chi connectivity index (χ3v) is 13.8.